The Balaban J connectivity index is 1.55. The van der Waals surface area contributed by atoms with Crippen LogP contribution in [0.1, 0.15) is 34.3 Å². The molecule has 1 heterocycles. The quantitative estimate of drug-likeness (QED) is 0.517. The van der Waals surface area contributed by atoms with Gasteiger partial charge in [0.15, 0.2) is 6.61 Å². The number of amides is 2. The number of benzene rings is 2. The lowest BCUT2D eigenvalue weighted by Gasteiger charge is -2.11. The lowest BCUT2D eigenvalue weighted by atomic mass is 10.2. The van der Waals surface area contributed by atoms with Gasteiger partial charge in [0.25, 0.3) is 5.91 Å². The van der Waals surface area contributed by atoms with E-state index in [-0.39, 0.29) is 18.1 Å². The molecule has 0 aliphatic rings. The normalized spacial score (nSPS) is 10.3. The Hall–Kier alpha value is -4.14. The van der Waals surface area contributed by atoms with Gasteiger partial charge in [-0.05, 0) is 50.2 Å². The van der Waals surface area contributed by atoms with Gasteiger partial charge in [0, 0.05) is 18.3 Å². The topological polar surface area (TPSA) is 120 Å². The summed E-state index contributed by atoms with van der Waals surface area (Å²) in [6, 6.07) is 13.2. The Morgan fingerprint density at radius 2 is 1.62 bits per heavy atom. The molecule has 32 heavy (non-hydrogen) atoms. The van der Waals surface area contributed by atoms with E-state index in [1.807, 2.05) is 0 Å². The zero-order valence-electron chi connectivity index (χ0n) is 17.9. The number of nitrogens with one attached hydrogen (secondary N) is 2. The summed E-state index contributed by atoms with van der Waals surface area (Å²) in [4.78, 5) is 35.7. The molecule has 0 fully saturated rings. The van der Waals surface area contributed by atoms with Crippen molar-refractivity contribution < 1.29 is 28.4 Å². The lowest BCUT2D eigenvalue weighted by molar-refractivity contribution is -0.119. The maximum absolute atomic E-state index is 12.5. The molecule has 0 atom stereocenters. The highest BCUT2D eigenvalue weighted by molar-refractivity contribution is 5.97. The number of esters is 1. The Labute approximate surface area is 184 Å². The van der Waals surface area contributed by atoms with Crippen LogP contribution in [0.2, 0.25) is 0 Å². The van der Waals surface area contributed by atoms with Crippen molar-refractivity contribution in [2.45, 2.75) is 27.4 Å². The summed E-state index contributed by atoms with van der Waals surface area (Å²) < 4.78 is 16.0. The summed E-state index contributed by atoms with van der Waals surface area (Å²) in [5, 5.41) is 9.13. The van der Waals surface area contributed by atoms with Crippen molar-refractivity contribution in [3.63, 3.8) is 0 Å². The third kappa shape index (κ3) is 5.94. The van der Waals surface area contributed by atoms with E-state index >= 15 is 0 Å². The Morgan fingerprint density at radius 1 is 0.969 bits per heavy atom. The summed E-state index contributed by atoms with van der Waals surface area (Å²) in [6.45, 7) is 4.71. The van der Waals surface area contributed by atoms with Crippen molar-refractivity contribution >= 4 is 29.2 Å². The first-order valence-electron chi connectivity index (χ1n) is 9.81. The number of ether oxygens (including phenoxy) is 2. The third-order valence-electron chi connectivity index (χ3n) is 4.48. The van der Waals surface area contributed by atoms with Crippen molar-refractivity contribution in [3.8, 4) is 5.75 Å². The molecule has 0 unspecified atom stereocenters. The Kier molecular flexibility index (Phi) is 7.22. The van der Waals surface area contributed by atoms with E-state index in [2.05, 4.69) is 15.8 Å². The van der Waals surface area contributed by atoms with Gasteiger partial charge in [-0.3, -0.25) is 9.59 Å². The van der Waals surface area contributed by atoms with Gasteiger partial charge in [0.1, 0.15) is 23.7 Å². The first-order valence-corrected chi connectivity index (χ1v) is 9.81. The smallest absolute Gasteiger partial charge is 0.342 e. The first kappa shape index (κ1) is 22.5. The van der Waals surface area contributed by atoms with Crippen LogP contribution in [0.5, 0.6) is 5.75 Å². The summed E-state index contributed by atoms with van der Waals surface area (Å²) in [6.07, 6.45) is 0. The SMILES string of the molecule is CC(=O)Nc1ccc(NC(=O)COC(=O)c2ccccc2OCc2c(C)noc2C)cc1. The van der Waals surface area contributed by atoms with Gasteiger partial charge in [-0.1, -0.05) is 17.3 Å². The number of aromatic nitrogens is 1. The molecule has 1 aromatic heterocycles. The summed E-state index contributed by atoms with van der Waals surface area (Å²) in [7, 11) is 0. The third-order valence-corrected chi connectivity index (χ3v) is 4.48. The summed E-state index contributed by atoms with van der Waals surface area (Å²) in [5.41, 5.74) is 2.83. The van der Waals surface area contributed by atoms with Gasteiger partial charge in [0.2, 0.25) is 5.91 Å². The van der Waals surface area contributed by atoms with Crippen LogP contribution in [0.25, 0.3) is 0 Å². The van der Waals surface area contributed by atoms with Crippen molar-refractivity contribution in [1.82, 2.24) is 5.16 Å². The van der Waals surface area contributed by atoms with Gasteiger partial charge in [0.05, 0.1) is 11.3 Å². The Morgan fingerprint density at radius 3 is 2.25 bits per heavy atom. The highest BCUT2D eigenvalue weighted by atomic mass is 16.5. The van der Waals surface area contributed by atoms with Crippen LogP contribution in [-0.4, -0.2) is 29.5 Å². The largest absolute Gasteiger partial charge is 0.488 e. The molecule has 0 bridgehead atoms. The van der Waals surface area contributed by atoms with Crippen molar-refractivity contribution in [3.05, 3.63) is 71.1 Å². The Bertz CT molecular complexity index is 1100. The van der Waals surface area contributed by atoms with E-state index in [4.69, 9.17) is 14.0 Å². The summed E-state index contributed by atoms with van der Waals surface area (Å²) >= 11 is 0. The van der Waals surface area contributed by atoms with Crippen LogP contribution < -0.4 is 15.4 Å². The molecule has 2 N–H and O–H groups in total. The molecule has 0 saturated heterocycles. The average Bonchev–Trinajstić information content (AvgIpc) is 3.09. The minimum absolute atomic E-state index is 0.181. The molecule has 0 radical (unpaired) electrons. The molecule has 2 amide bonds. The predicted molar refractivity (Wildman–Crippen MR) is 116 cm³/mol. The molecule has 3 aromatic rings. The van der Waals surface area contributed by atoms with Gasteiger partial charge in [-0.15, -0.1) is 0 Å². The van der Waals surface area contributed by atoms with Crippen molar-refractivity contribution in [2.75, 3.05) is 17.2 Å². The number of aryl methyl sites for hydroxylation is 2. The standard InChI is InChI=1S/C23H23N3O6/c1-14-20(15(2)32-26-14)12-30-21-7-5-4-6-19(21)23(29)31-13-22(28)25-18-10-8-17(9-11-18)24-16(3)27/h4-11H,12-13H2,1-3H3,(H,24,27)(H,25,28). The molecule has 3 rings (SSSR count). The second kappa shape index (κ2) is 10.3. The molecular formula is C23H23N3O6. The van der Waals surface area contributed by atoms with Crippen LogP contribution in [0, 0.1) is 13.8 Å². The number of hydrogen-bond donors (Lipinski definition) is 2. The number of nitrogens with zero attached hydrogens (tertiary/aromatic N) is 1. The first-order chi connectivity index (χ1) is 15.3. The van der Waals surface area contributed by atoms with Gasteiger partial charge in [-0.2, -0.15) is 0 Å². The molecule has 0 spiro atoms. The second-order valence-corrected chi connectivity index (χ2v) is 6.97. The number of para-hydroxylation sites is 1. The fourth-order valence-corrected chi connectivity index (χ4v) is 2.87. The molecule has 9 nitrogen and oxygen atoms in total. The fraction of sp³-hybridized carbons (Fsp3) is 0.217. The van der Waals surface area contributed by atoms with Crippen molar-refractivity contribution in [2.24, 2.45) is 0 Å². The van der Waals surface area contributed by atoms with E-state index in [9.17, 15) is 14.4 Å². The molecule has 0 saturated carbocycles. The van der Waals surface area contributed by atoms with E-state index in [1.54, 1.807) is 62.4 Å². The van der Waals surface area contributed by atoms with E-state index in [0.717, 1.165) is 5.56 Å². The number of carbonyl (C=O) groups is 3. The molecular weight excluding hydrogens is 414 g/mol. The molecule has 2 aromatic carbocycles. The minimum atomic E-state index is -0.685. The number of hydrogen-bond acceptors (Lipinski definition) is 7. The average molecular weight is 437 g/mol. The number of carbonyl (C=O) groups excluding carboxylic acids is 3. The van der Waals surface area contributed by atoms with E-state index in [0.29, 0.717) is 28.6 Å². The van der Waals surface area contributed by atoms with Gasteiger partial charge in [-0.25, -0.2) is 4.79 Å². The molecule has 166 valence electrons. The van der Waals surface area contributed by atoms with E-state index < -0.39 is 18.5 Å². The van der Waals surface area contributed by atoms with Crippen LogP contribution in [0.15, 0.2) is 53.1 Å². The van der Waals surface area contributed by atoms with Crippen LogP contribution >= 0.6 is 0 Å². The molecule has 0 aliphatic carbocycles. The van der Waals surface area contributed by atoms with Gasteiger partial charge >= 0.3 is 5.97 Å². The predicted octanol–water partition coefficient (Wildman–Crippen LogP) is 3.62. The number of anilines is 2. The van der Waals surface area contributed by atoms with E-state index in [1.165, 1.54) is 6.92 Å². The summed E-state index contributed by atoms with van der Waals surface area (Å²) in [5.74, 6) is -0.407. The van der Waals surface area contributed by atoms with Crippen LogP contribution in [0.3, 0.4) is 0 Å². The second-order valence-electron chi connectivity index (χ2n) is 6.97. The maximum atomic E-state index is 12.5. The fourth-order valence-electron chi connectivity index (χ4n) is 2.87. The monoisotopic (exact) mass is 437 g/mol. The molecule has 0 aliphatic heterocycles. The van der Waals surface area contributed by atoms with Crippen molar-refractivity contribution in [1.29, 1.82) is 0 Å². The lowest BCUT2D eigenvalue weighted by Crippen LogP contribution is -2.21. The number of rotatable bonds is 8. The zero-order chi connectivity index (χ0) is 23.1. The minimum Gasteiger partial charge on any atom is -0.488 e. The molecule has 9 heteroatoms. The van der Waals surface area contributed by atoms with Crippen LogP contribution in [-0.2, 0) is 20.9 Å². The highest BCUT2D eigenvalue weighted by Gasteiger charge is 2.17. The maximum Gasteiger partial charge on any atom is 0.342 e. The zero-order valence-corrected chi connectivity index (χ0v) is 17.9. The van der Waals surface area contributed by atoms with Crippen LogP contribution in [0.4, 0.5) is 11.4 Å². The van der Waals surface area contributed by atoms with Gasteiger partial charge < -0.3 is 24.6 Å². The highest BCUT2D eigenvalue weighted by Crippen LogP contribution is 2.22.